The lowest BCUT2D eigenvalue weighted by Gasteiger charge is -2.30. The fourth-order valence-corrected chi connectivity index (χ4v) is 2.88. The maximum Gasteiger partial charge on any atom is 0.128 e. The number of fused-ring (bicyclic) bond motifs is 1. The molecule has 1 aliphatic rings. The number of phenolic OH excluding ortho intramolecular Hbond substituents is 1. The molecule has 0 aliphatic carbocycles. The highest BCUT2D eigenvalue weighted by Crippen LogP contribution is 2.40. The van der Waals surface area contributed by atoms with Crippen molar-refractivity contribution < 1.29 is 9.84 Å². The number of hydrogen-bond acceptors (Lipinski definition) is 3. The third-order valence-electron chi connectivity index (χ3n) is 3.89. The Hall–Kier alpha value is -2.16. The van der Waals surface area contributed by atoms with E-state index in [0.717, 1.165) is 17.9 Å². The maximum absolute atomic E-state index is 9.55. The van der Waals surface area contributed by atoms with Crippen molar-refractivity contribution >= 4 is 5.69 Å². The Morgan fingerprint density at radius 1 is 1.25 bits per heavy atom. The molecular weight excluding hydrogens is 250 g/mol. The van der Waals surface area contributed by atoms with Crippen molar-refractivity contribution in [3.63, 3.8) is 0 Å². The van der Waals surface area contributed by atoms with Gasteiger partial charge in [0, 0.05) is 23.9 Å². The van der Waals surface area contributed by atoms with Gasteiger partial charge < -0.3 is 14.7 Å². The van der Waals surface area contributed by atoms with Crippen LogP contribution in [0.1, 0.15) is 24.1 Å². The fourth-order valence-electron chi connectivity index (χ4n) is 2.88. The van der Waals surface area contributed by atoms with E-state index in [4.69, 9.17) is 4.74 Å². The lowest BCUT2D eigenvalue weighted by atomic mass is 10.0. The molecule has 0 radical (unpaired) electrons. The van der Waals surface area contributed by atoms with Gasteiger partial charge in [0.15, 0.2) is 0 Å². The van der Waals surface area contributed by atoms with Crippen LogP contribution in [0.3, 0.4) is 0 Å². The molecule has 3 nitrogen and oxygen atoms in total. The predicted octanol–water partition coefficient (Wildman–Crippen LogP) is 3.66. The van der Waals surface area contributed by atoms with Crippen LogP contribution in [0.25, 0.3) is 0 Å². The smallest absolute Gasteiger partial charge is 0.128 e. The second kappa shape index (κ2) is 5.08. The zero-order valence-corrected chi connectivity index (χ0v) is 11.8. The lowest BCUT2D eigenvalue weighted by molar-refractivity contribution is 0.326. The molecule has 1 N–H and O–H groups in total. The van der Waals surface area contributed by atoms with Crippen molar-refractivity contribution in [1.82, 2.24) is 0 Å². The average molecular weight is 269 g/mol. The monoisotopic (exact) mass is 269 g/mol. The van der Waals surface area contributed by atoms with Gasteiger partial charge in [-0.2, -0.15) is 0 Å². The molecule has 3 rings (SSSR count). The molecule has 0 amide bonds. The molecule has 3 heteroatoms. The number of likely N-dealkylation sites (N-methyl/N-ethyl adjacent to an activating group) is 1. The van der Waals surface area contributed by atoms with Crippen LogP contribution in [0, 0.1) is 6.92 Å². The Labute approximate surface area is 119 Å². The Balaban J connectivity index is 1.99. The summed E-state index contributed by atoms with van der Waals surface area (Å²) >= 11 is 0. The summed E-state index contributed by atoms with van der Waals surface area (Å²) in [6, 6.07) is 14.0. The summed E-state index contributed by atoms with van der Waals surface area (Å²) in [6.45, 7) is 5.83. The Morgan fingerprint density at radius 3 is 2.80 bits per heavy atom. The second-order valence-electron chi connectivity index (χ2n) is 5.12. The number of phenols is 1. The van der Waals surface area contributed by atoms with E-state index in [1.54, 1.807) is 12.1 Å². The largest absolute Gasteiger partial charge is 0.508 e. The van der Waals surface area contributed by atoms with E-state index < -0.39 is 0 Å². The summed E-state index contributed by atoms with van der Waals surface area (Å²) in [5.41, 5.74) is 3.65. The van der Waals surface area contributed by atoms with E-state index in [1.165, 1.54) is 11.3 Å². The van der Waals surface area contributed by atoms with Crippen LogP contribution < -0.4 is 9.64 Å². The van der Waals surface area contributed by atoms with Crippen LogP contribution in [0.2, 0.25) is 0 Å². The zero-order chi connectivity index (χ0) is 14.1. The van der Waals surface area contributed by atoms with E-state index in [2.05, 4.69) is 43.0 Å². The van der Waals surface area contributed by atoms with Gasteiger partial charge in [0.2, 0.25) is 0 Å². The van der Waals surface area contributed by atoms with Gasteiger partial charge in [0.05, 0.1) is 6.04 Å². The minimum absolute atomic E-state index is 0.205. The minimum Gasteiger partial charge on any atom is -0.508 e. The molecule has 1 unspecified atom stereocenters. The lowest BCUT2D eigenvalue weighted by Crippen LogP contribution is -2.30. The van der Waals surface area contributed by atoms with Gasteiger partial charge in [0.1, 0.15) is 18.1 Å². The molecule has 1 aliphatic heterocycles. The highest BCUT2D eigenvalue weighted by molar-refractivity contribution is 5.57. The molecule has 104 valence electrons. The van der Waals surface area contributed by atoms with Crippen LogP contribution in [0.15, 0.2) is 42.5 Å². The maximum atomic E-state index is 9.55. The van der Waals surface area contributed by atoms with Crippen molar-refractivity contribution in [3.05, 3.63) is 53.6 Å². The summed E-state index contributed by atoms with van der Waals surface area (Å²) < 4.78 is 5.73. The number of ether oxygens (including phenoxy) is 1. The van der Waals surface area contributed by atoms with E-state index >= 15 is 0 Å². The molecule has 0 aromatic heterocycles. The first-order chi connectivity index (χ1) is 9.70. The third-order valence-corrected chi connectivity index (χ3v) is 3.89. The Kier molecular flexibility index (Phi) is 3.26. The van der Waals surface area contributed by atoms with Crippen molar-refractivity contribution in [2.24, 2.45) is 0 Å². The SMILES string of the molecule is CCN(c1ccccc1C)C1COc2cc(O)ccc21. The van der Waals surface area contributed by atoms with Crippen molar-refractivity contribution in [1.29, 1.82) is 0 Å². The zero-order valence-electron chi connectivity index (χ0n) is 11.8. The molecule has 0 bridgehead atoms. The van der Waals surface area contributed by atoms with Crippen molar-refractivity contribution in [2.75, 3.05) is 18.1 Å². The first-order valence-electron chi connectivity index (χ1n) is 6.98. The molecule has 2 aromatic carbocycles. The summed E-state index contributed by atoms with van der Waals surface area (Å²) in [6.07, 6.45) is 0. The number of rotatable bonds is 3. The minimum atomic E-state index is 0.205. The van der Waals surface area contributed by atoms with Gasteiger partial charge in [-0.3, -0.25) is 0 Å². The summed E-state index contributed by atoms with van der Waals surface area (Å²) in [5, 5.41) is 9.55. The van der Waals surface area contributed by atoms with E-state index in [9.17, 15) is 5.11 Å². The van der Waals surface area contributed by atoms with Crippen LogP contribution in [0.4, 0.5) is 5.69 Å². The molecule has 0 saturated heterocycles. The molecule has 0 saturated carbocycles. The summed E-state index contributed by atoms with van der Waals surface area (Å²) in [7, 11) is 0. The van der Waals surface area contributed by atoms with Crippen molar-refractivity contribution in [3.8, 4) is 11.5 Å². The van der Waals surface area contributed by atoms with Gasteiger partial charge in [-0.15, -0.1) is 0 Å². The average Bonchev–Trinajstić information content (AvgIpc) is 2.85. The number of aryl methyl sites for hydroxylation is 1. The number of benzene rings is 2. The van der Waals surface area contributed by atoms with Gasteiger partial charge >= 0.3 is 0 Å². The third kappa shape index (κ3) is 2.09. The number of para-hydroxylation sites is 1. The molecule has 1 atom stereocenters. The number of hydrogen-bond donors (Lipinski definition) is 1. The van der Waals surface area contributed by atoms with Crippen molar-refractivity contribution in [2.45, 2.75) is 19.9 Å². The number of nitrogens with zero attached hydrogens (tertiary/aromatic N) is 1. The summed E-state index contributed by atoms with van der Waals surface area (Å²) in [4.78, 5) is 2.36. The number of anilines is 1. The molecular formula is C17H19NO2. The van der Waals surface area contributed by atoms with Crippen LogP contribution in [-0.2, 0) is 0 Å². The van der Waals surface area contributed by atoms with Crippen LogP contribution >= 0.6 is 0 Å². The van der Waals surface area contributed by atoms with E-state index in [-0.39, 0.29) is 11.8 Å². The van der Waals surface area contributed by atoms with E-state index in [0.29, 0.717) is 6.61 Å². The van der Waals surface area contributed by atoms with Crippen LogP contribution in [-0.4, -0.2) is 18.3 Å². The molecule has 2 aromatic rings. The van der Waals surface area contributed by atoms with E-state index in [1.807, 2.05) is 6.07 Å². The normalized spacial score (nSPS) is 16.6. The molecule has 1 heterocycles. The second-order valence-corrected chi connectivity index (χ2v) is 5.12. The molecule has 20 heavy (non-hydrogen) atoms. The Bertz CT molecular complexity index is 624. The predicted molar refractivity (Wildman–Crippen MR) is 80.5 cm³/mol. The molecule has 0 fully saturated rings. The first-order valence-corrected chi connectivity index (χ1v) is 6.98. The quantitative estimate of drug-likeness (QED) is 0.923. The highest BCUT2D eigenvalue weighted by atomic mass is 16.5. The highest BCUT2D eigenvalue weighted by Gasteiger charge is 2.29. The Morgan fingerprint density at radius 2 is 2.05 bits per heavy atom. The summed E-state index contributed by atoms with van der Waals surface area (Å²) in [5.74, 6) is 1.05. The topological polar surface area (TPSA) is 32.7 Å². The van der Waals surface area contributed by atoms with Gasteiger partial charge in [0.25, 0.3) is 0 Å². The van der Waals surface area contributed by atoms with Crippen LogP contribution in [0.5, 0.6) is 11.5 Å². The standard InChI is InChI=1S/C17H19NO2/c1-3-18(15-7-5-4-6-12(15)2)16-11-20-17-10-13(19)8-9-14(16)17/h4-10,16,19H,3,11H2,1-2H3. The van der Waals surface area contributed by atoms with Gasteiger partial charge in [-0.25, -0.2) is 0 Å². The number of aromatic hydroxyl groups is 1. The van der Waals surface area contributed by atoms with Gasteiger partial charge in [-0.05, 0) is 37.6 Å². The molecule has 0 spiro atoms. The van der Waals surface area contributed by atoms with Gasteiger partial charge in [-0.1, -0.05) is 18.2 Å². The fraction of sp³-hybridized carbons (Fsp3) is 0.294. The first kappa shape index (κ1) is 12.9.